The van der Waals surface area contributed by atoms with Gasteiger partial charge in [-0.2, -0.15) is 0 Å². The Balaban J connectivity index is 1.85. The van der Waals surface area contributed by atoms with E-state index < -0.39 is 0 Å². The zero-order chi connectivity index (χ0) is 11.4. The lowest BCUT2D eigenvalue weighted by Crippen LogP contribution is -2.32. The second-order valence-electron chi connectivity index (χ2n) is 4.33. The lowest BCUT2D eigenvalue weighted by atomic mass is 10.2. The molecule has 0 aromatic carbocycles. The molecule has 1 aromatic heterocycles. The molecule has 0 spiro atoms. The summed E-state index contributed by atoms with van der Waals surface area (Å²) < 4.78 is 7.34. The Kier molecular flexibility index (Phi) is 3.90. The molecule has 1 unspecified atom stereocenters. The monoisotopic (exact) mass is 224 g/mol. The van der Waals surface area contributed by atoms with Gasteiger partial charge in [0.15, 0.2) is 0 Å². The summed E-state index contributed by atoms with van der Waals surface area (Å²) in [7, 11) is 1.73. The Bertz CT molecular complexity index is 322. The van der Waals surface area contributed by atoms with Crippen LogP contribution in [0, 0.1) is 0 Å². The quantitative estimate of drug-likeness (QED) is 0.754. The zero-order valence-corrected chi connectivity index (χ0v) is 10.0. The molecule has 1 aromatic rings. The predicted molar refractivity (Wildman–Crippen MR) is 61.1 cm³/mol. The number of methoxy groups -OCH3 is 1. The van der Waals surface area contributed by atoms with Gasteiger partial charge in [-0.25, -0.2) is 0 Å². The Morgan fingerprint density at radius 3 is 3.06 bits per heavy atom. The molecule has 0 aliphatic heterocycles. The summed E-state index contributed by atoms with van der Waals surface area (Å²) in [6, 6.07) is 1.05. The van der Waals surface area contributed by atoms with E-state index in [1.54, 1.807) is 7.11 Å². The van der Waals surface area contributed by atoms with Crippen molar-refractivity contribution in [1.82, 2.24) is 20.1 Å². The Morgan fingerprint density at radius 2 is 2.44 bits per heavy atom. The van der Waals surface area contributed by atoms with E-state index >= 15 is 0 Å². The van der Waals surface area contributed by atoms with Crippen LogP contribution < -0.4 is 5.32 Å². The third kappa shape index (κ3) is 2.80. The van der Waals surface area contributed by atoms with Gasteiger partial charge in [0.05, 0.1) is 13.2 Å². The minimum atomic E-state index is 0.398. The number of hydrogen-bond acceptors (Lipinski definition) is 4. The van der Waals surface area contributed by atoms with Crippen molar-refractivity contribution in [3.8, 4) is 0 Å². The minimum absolute atomic E-state index is 0.398. The standard InChI is InChI=1S/C11H20N4O/c1-3-9(7-16-2)12-6-11-14-13-8-15(11)10-4-5-10/h8-10,12H,3-7H2,1-2H3. The normalized spacial score (nSPS) is 17.6. The van der Waals surface area contributed by atoms with Gasteiger partial charge in [-0.1, -0.05) is 6.92 Å². The summed E-state index contributed by atoms with van der Waals surface area (Å²) in [5, 5.41) is 11.6. The maximum Gasteiger partial charge on any atom is 0.147 e. The maximum atomic E-state index is 5.15. The van der Waals surface area contributed by atoms with Crippen LogP contribution in [0.25, 0.3) is 0 Å². The lowest BCUT2D eigenvalue weighted by Gasteiger charge is -2.15. The molecule has 0 bridgehead atoms. The van der Waals surface area contributed by atoms with E-state index in [1.807, 2.05) is 6.33 Å². The van der Waals surface area contributed by atoms with Crippen LogP contribution in [0.3, 0.4) is 0 Å². The Morgan fingerprint density at radius 1 is 1.62 bits per heavy atom. The summed E-state index contributed by atoms with van der Waals surface area (Å²) in [6.07, 6.45) is 5.43. The molecule has 2 rings (SSSR count). The van der Waals surface area contributed by atoms with Crippen molar-refractivity contribution < 1.29 is 4.74 Å². The third-order valence-corrected chi connectivity index (χ3v) is 3.00. The first-order valence-corrected chi connectivity index (χ1v) is 5.95. The highest BCUT2D eigenvalue weighted by molar-refractivity contribution is 4.94. The van der Waals surface area contributed by atoms with Gasteiger partial charge in [0.25, 0.3) is 0 Å². The molecule has 1 heterocycles. The van der Waals surface area contributed by atoms with Crippen LogP contribution in [0.1, 0.15) is 38.1 Å². The van der Waals surface area contributed by atoms with E-state index in [0.717, 1.165) is 25.4 Å². The average molecular weight is 224 g/mol. The van der Waals surface area contributed by atoms with E-state index in [0.29, 0.717) is 12.1 Å². The fourth-order valence-corrected chi connectivity index (χ4v) is 1.81. The highest BCUT2D eigenvalue weighted by Crippen LogP contribution is 2.35. The summed E-state index contributed by atoms with van der Waals surface area (Å²) in [4.78, 5) is 0. The molecule has 5 nitrogen and oxygen atoms in total. The average Bonchev–Trinajstić information content (AvgIpc) is 3.04. The van der Waals surface area contributed by atoms with Crippen LogP contribution in [0.4, 0.5) is 0 Å². The molecule has 1 saturated carbocycles. The van der Waals surface area contributed by atoms with Gasteiger partial charge in [-0.05, 0) is 19.3 Å². The van der Waals surface area contributed by atoms with Gasteiger partial charge >= 0.3 is 0 Å². The van der Waals surface area contributed by atoms with E-state index in [9.17, 15) is 0 Å². The second-order valence-corrected chi connectivity index (χ2v) is 4.33. The van der Waals surface area contributed by atoms with E-state index in [4.69, 9.17) is 4.74 Å². The molecule has 0 amide bonds. The molecule has 1 aliphatic rings. The van der Waals surface area contributed by atoms with Crippen molar-refractivity contribution in [2.45, 2.75) is 44.8 Å². The molecule has 0 radical (unpaired) electrons. The molecular weight excluding hydrogens is 204 g/mol. The molecule has 5 heteroatoms. The van der Waals surface area contributed by atoms with Gasteiger partial charge in [0.2, 0.25) is 0 Å². The van der Waals surface area contributed by atoms with Crippen molar-refractivity contribution in [1.29, 1.82) is 0 Å². The van der Waals surface area contributed by atoms with Gasteiger partial charge in [-0.15, -0.1) is 10.2 Å². The summed E-state index contributed by atoms with van der Waals surface area (Å²) in [5.41, 5.74) is 0. The molecular formula is C11H20N4O. The van der Waals surface area contributed by atoms with Crippen molar-refractivity contribution in [2.24, 2.45) is 0 Å². The predicted octanol–water partition coefficient (Wildman–Crippen LogP) is 1.13. The number of nitrogens with one attached hydrogen (secondary N) is 1. The van der Waals surface area contributed by atoms with Crippen LogP contribution in [0.2, 0.25) is 0 Å². The molecule has 1 N–H and O–H groups in total. The van der Waals surface area contributed by atoms with Gasteiger partial charge in [-0.3, -0.25) is 0 Å². The lowest BCUT2D eigenvalue weighted by molar-refractivity contribution is 0.163. The van der Waals surface area contributed by atoms with E-state index in [1.165, 1.54) is 12.8 Å². The number of ether oxygens (including phenoxy) is 1. The van der Waals surface area contributed by atoms with Crippen molar-refractivity contribution >= 4 is 0 Å². The van der Waals surface area contributed by atoms with Crippen LogP contribution in [-0.4, -0.2) is 34.5 Å². The van der Waals surface area contributed by atoms with Crippen LogP contribution in [-0.2, 0) is 11.3 Å². The molecule has 1 aliphatic carbocycles. The molecule has 1 fully saturated rings. The highest BCUT2D eigenvalue weighted by atomic mass is 16.5. The number of hydrogen-bond donors (Lipinski definition) is 1. The number of rotatable bonds is 7. The van der Waals surface area contributed by atoms with Crippen LogP contribution in [0.15, 0.2) is 6.33 Å². The Hall–Kier alpha value is -0.940. The zero-order valence-electron chi connectivity index (χ0n) is 10.0. The van der Waals surface area contributed by atoms with E-state index in [-0.39, 0.29) is 0 Å². The van der Waals surface area contributed by atoms with Crippen LogP contribution in [0.5, 0.6) is 0 Å². The molecule has 0 saturated heterocycles. The first-order chi connectivity index (χ1) is 7.85. The fraction of sp³-hybridized carbons (Fsp3) is 0.818. The highest BCUT2D eigenvalue weighted by Gasteiger charge is 2.25. The van der Waals surface area contributed by atoms with E-state index in [2.05, 4.69) is 27.0 Å². The van der Waals surface area contributed by atoms with Crippen LogP contribution >= 0.6 is 0 Å². The summed E-state index contributed by atoms with van der Waals surface area (Å²) >= 11 is 0. The SMILES string of the molecule is CCC(COC)NCc1nncn1C1CC1. The van der Waals surface area contributed by atoms with Crippen molar-refractivity contribution in [3.63, 3.8) is 0 Å². The van der Waals surface area contributed by atoms with Gasteiger partial charge < -0.3 is 14.6 Å². The van der Waals surface area contributed by atoms with Crippen molar-refractivity contribution in [3.05, 3.63) is 12.2 Å². The number of aromatic nitrogens is 3. The first-order valence-electron chi connectivity index (χ1n) is 5.95. The Labute approximate surface area is 96.2 Å². The second kappa shape index (κ2) is 5.41. The first kappa shape index (κ1) is 11.5. The smallest absolute Gasteiger partial charge is 0.147 e. The topological polar surface area (TPSA) is 52.0 Å². The van der Waals surface area contributed by atoms with Crippen molar-refractivity contribution in [2.75, 3.05) is 13.7 Å². The summed E-state index contributed by atoms with van der Waals surface area (Å²) in [6.45, 7) is 3.68. The molecule has 90 valence electrons. The molecule has 16 heavy (non-hydrogen) atoms. The summed E-state index contributed by atoms with van der Waals surface area (Å²) in [5.74, 6) is 1.04. The van der Waals surface area contributed by atoms with Gasteiger partial charge in [0, 0.05) is 19.2 Å². The maximum absolute atomic E-state index is 5.15. The number of nitrogens with zero attached hydrogens (tertiary/aromatic N) is 3. The van der Waals surface area contributed by atoms with Gasteiger partial charge in [0.1, 0.15) is 12.2 Å². The largest absolute Gasteiger partial charge is 0.383 e. The fourth-order valence-electron chi connectivity index (χ4n) is 1.81. The minimum Gasteiger partial charge on any atom is -0.383 e. The molecule has 1 atom stereocenters. The third-order valence-electron chi connectivity index (χ3n) is 3.00.